The summed E-state index contributed by atoms with van der Waals surface area (Å²) in [5.74, 6) is 1.09. The molecule has 2 aliphatic rings. The van der Waals surface area contributed by atoms with Crippen molar-refractivity contribution >= 4 is 12.0 Å². The number of hydrogen-bond donors (Lipinski definition) is 0. The minimum atomic E-state index is -0.0105. The van der Waals surface area contributed by atoms with Gasteiger partial charge in [-0.25, -0.2) is 4.99 Å². The van der Waals surface area contributed by atoms with Crippen LogP contribution in [0.2, 0.25) is 0 Å². The van der Waals surface area contributed by atoms with Crippen molar-refractivity contribution in [3.63, 3.8) is 0 Å². The molecule has 2 aromatic carbocycles. The fraction of sp³-hybridized carbons (Fsp3) is 0.452. The van der Waals surface area contributed by atoms with Crippen LogP contribution in [0.25, 0.3) is 0 Å². The van der Waals surface area contributed by atoms with E-state index in [-0.39, 0.29) is 6.04 Å². The molecule has 5 heteroatoms. The van der Waals surface area contributed by atoms with Gasteiger partial charge in [-0.2, -0.15) is 5.26 Å². The fourth-order valence-corrected chi connectivity index (χ4v) is 5.29. The van der Waals surface area contributed by atoms with Crippen LogP contribution < -0.4 is 0 Å². The maximum atomic E-state index is 10.6. The zero-order chi connectivity index (χ0) is 25.3. The van der Waals surface area contributed by atoms with Crippen LogP contribution in [0.3, 0.4) is 0 Å². The maximum Gasteiger partial charge on any atom is 0.148 e. The zero-order valence-electron chi connectivity index (χ0n) is 21.7. The van der Waals surface area contributed by atoms with Crippen LogP contribution in [0.5, 0.6) is 0 Å². The normalized spacial score (nSPS) is 17.5. The van der Waals surface area contributed by atoms with E-state index in [9.17, 15) is 10.1 Å². The van der Waals surface area contributed by atoms with Crippen molar-refractivity contribution in [2.75, 3.05) is 19.6 Å². The summed E-state index contributed by atoms with van der Waals surface area (Å²) in [5, 5.41) is 9.50. The van der Waals surface area contributed by atoms with Gasteiger partial charge in [-0.3, -0.25) is 0 Å². The number of carbonyl (C=O) groups is 1. The van der Waals surface area contributed by atoms with Gasteiger partial charge >= 0.3 is 0 Å². The van der Waals surface area contributed by atoms with E-state index in [1.165, 1.54) is 22.4 Å². The van der Waals surface area contributed by atoms with Gasteiger partial charge in [-0.15, -0.1) is 0 Å². The number of nitriles is 1. The summed E-state index contributed by atoms with van der Waals surface area (Å²) < 4.78 is 0. The molecule has 2 heterocycles. The molecule has 188 valence electrons. The summed E-state index contributed by atoms with van der Waals surface area (Å²) >= 11 is 0. The Kier molecular flexibility index (Phi) is 8.95. The Hall–Kier alpha value is -3.39. The fourth-order valence-electron chi connectivity index (χ4n) is 5.29. The van der Waals surface area contributed by atoms with Crippen molar-refractivity contribution < 1.29 is 4.79 Å². The van der Waals surface area contributed by atoms with Gasteiger partial charge in [0.25, 0.3) is 0 Å². The van der Waals surface area contributed by atoms with E-state index in [0.29, 0.717) is 19.4 Å². The third-order valence-corrected chi connectivity index (χ3v) is 7.25. The molecule has 1 unspecified atom stereocenters. The van der Waals surface area contributed by atoms with Gasteiger partial charge in [0, 0.05) is 26.1 Å². The van der Waals surface area contributed by atoms with E-state index < -0.39 is 0 Å². The number of nitrogens with zero attached hydrogens (tertiary/aromatic N) is 4. The molecule has 0 radical (unpaired) electrons. The number of unbranched alkanes of at least 4 members (excludes halogenated alkanes) is 4. The van der Waals surface area contributed by atoms with Crippen LogP contribution in [0, 0.1) is 25.2 Å². The predicted molar refractivity (Wildman–Crippen MR) is 146 cm³/mol. The third-order valence-electron chi connectivity index (χ3n) is 7.25. The molecule has 0 N–H and O–H groups in total. The van der Waals surface area contributed by atoms with E-state index in [0.717, 1.165) is 75.0 Å². The highest BCUT2D eigenvalue weighted by Crippen LogP contribution is 2.40. The highest BCUT2D eigenvalue weighted by Gasteiger charge is 2.36. The quantitative estimate of drug-likeness (QED) is 0.272. The molecule has 0 aliphatic carbocycles. The first-order valence-electron chi connectivity index (χ1n) is 13.4. The van der Waals surface area contributed by atoms with Gasteiger partial charge in [-0.05, 0) is 50.7 Å². The van der Waals surface area contributed by atoms with Crippen molar-refractivity contribution in [3.05, 3.63) is 82.3 Å². The molecule has 0 fully saturated rings. The number of carbonyl (C=O) groups excluding carboxylic acids is 1. The molecule has 0 saturated carbocycles. The Morgan fingerprint density at radius 3 is 2.36 bits per heavy atom. The predicted octanol–water partition coefficient (Wildman–Crippen LogP) is 6.48. The smallest absolute Gasteiger partial charge is 0.148 e. The second kappa shape index (κ2) is 12.5. The van der Waals surface area contributed by atoms with Crippen LogP contribution in [0.15, 0.2) is 65.0 Å². The van der Waals surface area contributed by atoms with E-state index in [1.54, 1.807) is 0 Å². The molecule has 5 nitrogen and oxygen atoms in total. The SMILES string of the molecule is Cc1ccc(C2=NC3=C(CCCN3CCCCCCC=O)N(CCC#N)C2c2ccc(C)cc2)cc1. The summed E-state index contributed by atoms with van der Waals surface area (Å²) in [5.41, 5.74) is 7.17. The third kappa shape index (κ3) is 6.05. The molecule has 36 heavy (non-hydrogen) atoms. The van der Waals surface area contributed by atoms with E-state index in [2.05, 4.69) is 78.2 Å². The average Bonchev–Trinajstić information content (AvgIpc) is 2.90. The largest absolute Gasteiger partial charge is 0.358 e. The number of benzene rings is 2. The highest BCUT2D eigenvalue weighted by atomic mass is 16.1. The minimum absolute atomic E-state index is 0.0105. The summed E-state index contributed by atoms with van der Waals surface area (Å²) in [6.07, 6.45) is 8.57. The van der Waals surface area contributed by atoms with Crippen molar-refractivity contribution in [2.45, 2.75) is 71.3 Å². The van der Waals surface area contributed by atoms with Crippen molar-refractivity contribution in [3.8, 4) is 6.07 Å². The van der Waals surface area contributed by atoms with Gasteiger partial charge in [0.2, 0.25) is 0 Å². The van der Waals surface area contributed by atoms with Crippen LogP contribution >= 0.6 is 0 Å². The van der Waals surface area contributed by atoms with Crippen LogP contribution in [0.1, 0.15) is 79.7 Å². The minimum Gasteiger partial charge on any atom is -0.358 e. The second-order valence-electron chi connectivity index (χ2n) is 10.0. The molecule has 1 atom stereocenters. The molecule has 0 bridgehead atoms. The van der Waals surface area contributed by atoms with Crippen molar-refractivity contribution in [1.29, 1.82) is 5.26 Å². The first-order chi connectivity index (χ1) is 17.6. The summed E-state index contributed by atoms with van der Waals surface area (Å²) in [4.78, 5) is 20.9. The summed E-state index contributed by atoms with van der Waals surface area (Å²) in [7, 11) is 0. The van der Waals surface area contributed by atoms with Gasteiger partial charge in [0.15, 0.2) is 0 Å². The summed E-state index contributed by atoms with van der Waals surface area (Å²) in [6.45, 7) is 6.91. The lowest BCUT2D eigenvalue weighted by Gasteiger charge is -2.44. The van der Waals surface area contributed by atoms with Crippen LogP contribution in [-0.4, -0.2) is 41.4 Å². The Labute approximate surface area is 216 Å². The van der Waals surface area contributed by atoms with E-state index in [1.807, 2.05) is 0 Å². The van der Waals surface area contributed by atoms with Gasteiger partial charge in [0.05, 0.1) is 29.9 Å². The number of aliphatic imine (C=N–C) groups is 1. The Morgan fingerprint density at radius 2 is 1.67 bits per heavy atom. The molecule has 0 saturated heterocycles. The average molecular weight is 483 g/mol. The lowest BCUT2D eigenvalue weighted by Crippen LogP contribution is -2.43. The van der Waals surface area contributed by atoms with Crippen molar-refractivity contribution in [2.24, 2.45) is 4.99 Å². The standard InChI is InChI=1S/C31H38N4O/c1-24-11-15-26(16-12-24)29-30(27-17-13-25(2)14-18-27)35(22-9-19-32)28-10-8-21-34(31(28)33-29)20-6-4-3-5-7-23-36/h11-18,23,30H,3-10,20-22H2,1-2H3. The number of rotatable bonds is 11. The monoisotopic (exact) mass is 482 g/mol. The molecule has 2 aromatic rings. The van der Waals surface area contributed by atoms with Crippen LogP contribution in [0.4, 0.5) is 0 Å². The molecular formula is C31H38N4O. The first-order valence-corrected chi connectivity index (χ1v) is 13.4. The number of hydrogen-bond acceptors (Lipinski definition) is 5. The second-order valence-corrected chi connectivity index (χ2v) is 10.0. The highest BCUT2D eigenvalue weighted by molar-refractivity contribution is 6.06. The van der Waals surface area contributed by atoms with Gasteiger partial charge < -0.3 is 14.6 Å². The Morgan fingerprint density at radius 1 is 0.972 bits per heavy atom. The lowest BCUT2D eigenvalue weighted by atomic mass is 9.90. The van der Waals surface area contributed by atoms with Gasteiger partial charge in [0.1, 0.15) is 12.1 Å². The molecule has 0 amide bonds. The topological polar surface area (TPSA) is 59.7 Å². The lowest BCUT2D eigenvalue weighted by molar-refractivity contribution is -0.107. The number of aldehydes is 1. The Balaban J connectivity index is 1.71. The summed E-state index contributed by atoms with van der Waals surface area (Å²) in [6, 6.07) is 19.8. The molecular weight excluding hydrogens is 444 g/mol. The number of allylic oxidation sites excluding steroid dienone is 1. The molecule has 0 spiro atoms. The Bertz CT molecular complexity index is 1120. The van der Waals surface area contributed by atoms with E-state index >= 15 is 0 Å². The first kappa shape index (κ1) is 25.7. The molecule has 2 aliphatic heterocycles. The molecule has 0 aromatic heterocycles. The number of aryl methyl sites for hydroxylation is 2. The van der Waals surface area contributed by atoms with E-state index in [4.69, 9.17) is 4.99 Å². The zero-order valence-corrected chi connectivity index (χ0v) is 21.7. The maximum absolute atomic E-state index is 10.6. The van der Waals surface area contributed by atoms with Gasteiger partial charge in [-0.1, -0.05) is 72.5 Å². The van der Waals surface area contributed by atoms with Crippen LogP contribution in [-0.2, 0) is 4.79 Å². The van der Waals surface area contributed by atoms with Crippen molar-refractivity contribution in [1.82, 2.24) is 9.80 Å². The molecule has 4 rings (SSSR count).